The highest BCUT2D eigenvalue weighted by Crippen LogP contribution is 2.26. The molecule has 11 heteroatoms. The molecule has 0 atom stereocenters. The van der Waals surface area contributed by atoms with Gasteiger partial charge in [-0.25, -0.2) is 24.0 Å². The number of esters is 5. The van der Waals surface area contributed by atoms with Crippen molar-refractivity contribution >= 4 is 35.9 Å². The monoisotopic (exact) mass is 772 g/mol. The van der Waals surface area contributed by atoms with Crippen LogP contribution in [0.1, 0.15) is 48.7 Å². The van der Waals surface area contributed by atoms with Gasteiger partial charge in [0.25, 0.3) is 0 Å². The summed E-state index contributed by atoms with van der Waals surface area (Å²) in [6, 6.07) is 25.7. The molecule has 57 heavy (non-hydrogen) atoms. The van der Waals surface area contributed by atoms with Crippen LogP contribution in [-0.2, 0) is 28.7 Å². The van der Waals surface area contributed by atoms with Crippen LogP contribution in [0.25, 0.3) is 17.2 Å². The fourth-order valence-electron chi connectivity index (χ4n) is 4.85. The summed E-state index contributed by atoms with van der Waals surface area (Å²) in [4.78, 5) is 60.7. The van der Waals surface area contributed by atoms with Gasteiger partial charge >= 0.3 is 29.8 Å². The third kappa shape index (κ3) is 13.7. The van der Waals surface area contributed by atoms with E-state index in [1.165, 1.54) is 43.3 Å². The maximum absolute atomic E-state index is 12.6. The number of aryl methyl sites for hydroxylation is 1. The van der Waals surface area contributed by atoms with Crippen molar-refractivity contribution < 1.29 is 52.4 Å². The van der Waals surface area contributed by atoms with Gasteiger partial charge in [-0.15, -0.1) is 0 Å². The summed E-state index contributed by atoms with van der Waals surface area (Å²) in [6.45, 7) is 17.5. The summed E-state index contributed by atoms with van der Waals surface area (Å²) in [5, 5.41) is 0. The fourth-order valence-corrected chi connectivity index (χ4v) is 4.85. The number of rotatable bonds is 18. The van der Waals surface area contributed by atoms with Crippen LogP contribution >= 0.6 is 0 Å². The van der Waals surface area contributed by atoms with Crippen LogP contribution in [0.5, 0.6) is 23.0 Å². The highest BCUT2D eigenvalue weighted by atomic mass is 16.6. The summed E-state index contributed by atoms with van der Waals surface area (Å²) in [5.74, 6) is -1.58. The van der Waals surface area contributed by atoms with Gasteiger partial charge in [0, 0.05) is 28.7 Å². The number of hydrogen-bond acceptors (Lipinski definition) is 11. The summed E-state index contributed by atoms with van der Waals surface area (Å²) < 4.78 is 32.6. The molecule has 0 aromatic heterocycles. The zero-order chi connectivity index (χ0) is 41.5. The molecule has 0 amide bonds. The van der Waals surface area contributed by atoms with Gasteiger partial charge in [0.1, 0.15) is 23.0 Å². The molecular weight excluding hydrogens is 728 g/mol. The van der Waals surface area contributed by atoms with Crippen molar-refractivity contribution in [2.24, 2.45) is 5.92 Å². The van der Waals surface area contributed by atoms with Gasteiger partial charge < -0.3 is 28.4 Å². The van der Waals surface area contributed by atoms with Crippen LogP contribution in [0.15, 0.2) is 134 Å². The molecule has 4 aromatic rings. The Hall–Kier alpha value is -7.01. The molecule has 0 heterocycles. The summed E-state index contributed by atoms with van der Waals surface area (Å²) in [7, 11) is 0. The summed E-state index contributed by atoms with van der Waals surface area (Å²) in [6.07, 6.45) is 3.44. The van der Waals surface area contributed by atoms with E-state index in [2.05, 4.69) is 19.7 Å². The van der Waals surface area contributed by atoms with Crippen molar-refractivity contribution in [3.8, 4) is 34.1 Å². The average molecular weight is 773 g/mol. The van der Waals surface area contributed by atoms with E-state index in [9.17, 15) is 24.0 Å². The molecule has 0 aliphatic rings. The van der Waals surface area contributed by atoms with Crippen molar-refractivity contribution in [1.82, 2.24) is 0 Å². The summed E-state index contributed by atoms with van der Waals surface area (Å²) in [5.41, 5.74) is 4.34. The van der Waals surface area contributed by atoms with Crippen LogP contribution in [0.3, 0.4) is 0 Å². The van der Waals surface area contributed by atoms with Gasteiger partial charge in [-0.05, 0) is 117 Å². The molecule has 0 aliphatic heterocycles. The van der Waals surface area contributed by atoms with Gasteiger partial charge in [0.2, 0.25) is 0 Å². The van der Waals surface area contributed by atoms with Gasteiger partial charge in [0.15, 0.2) is 0 Å². The van der Waals surface area contributed by atoms with E-state index >= 15 is 0 Å². The molecule has 0 saturated heterocycles. The molecule has 11 nitrogen and oxygen atoms in total. The van der Waals surface area contributed by atoms with E-state index in [-0.39, 0.29) is 52.9 Å². The molecule has 0 saturated carbocycles. The minimum absolute atomic E-state index is 0.0519. The first kappa shape index (κ1) is 42.7. The number of ether oxygens (including phenoxy) is 6. The van der Waals surface area contributed by atoms with Crippen molar-refractivity contribution in [2.45, 2.75) is 34.1 Å². The normalized spacial score (nSPS) is 10.7. The Labute approximate surface area is 331 Å². The predicted molar refractivity (Wildman–Crippen MR) is 215 cm³/mol. The van der Waals surface area contributed by atoms with E-state index in [1.807, 2.05) is 48.5 Å². The number of hydrogen-bond donors (Lipinski definition) is 0. The van der Waals surface area contributed by atoms with Gasteiger partial charge in [-0.3, -0.25) is 0 Å². The lowest BCUT2D eigenvalue weighted by atomic mass is 10.0. The van der Waals surface area contributed by atoms with Crippen molar-refractivity contribution in [3.05, 3.63) is 150 Å². The largest absolute Gasteiger partial charge is 0.494 e. The third-order valence-electron chi connectivity index (χ3n) is 8.12. The maximum Gasteiger partial charge on any atom is 0.343 e. The molecule has 0 unspecified atom stereocenters. The standard InChI is InChI=1S/C46H44O11/c1-29(2)43(48)53-27-34(28-54-44(49)30(3)4)24-25-52-38-17-13-36(14-18-38)35-11-8-33(9-12-35)10-23-42(47)57-41-22-21-40(26-32(41)7)56-46(51)37-15-19-39(20-16-37)55-45(50)31(5)6/h8-23,26,34H,1,3,5,24-25,27-28H2,2,4,6-7H3/b23-10+. The smallest absolute Gasteiger partial charge is 0.343 e. The predicted octanol–water partition coefficient (Wildman–Crippen LogP) is 8.61. The Kier molecular flexibility index (Phi) is 15.4. The molecule has 0 aliphatic carbocycles. The van der Waals surface area contributed by atoms with E-state index in [0.29, 0.717) is 30.1 Å². The fraction of sp³-hybridized carbons (Fsp3) is 0.196. The zero-order valence-electron chi connectivity index (χ0n) is 32.3. The Morgan fingerprint density at radius 3 is 1.68 bits per heavy atom. The van der Waals surface area contributed by atoms with Crippen LogP contribution < -0.4 is 18.9 Å². The van der Waals surface area contributed by atoms with Crippen molar-refractivity contribution in [2.75, 3.05) is 19.8 Å². The first-order valence-electron chi connectivity index (χ1n) is 17.9. The van der Waals surface area contributed by atoms with Crippen LogP contribution in [0.4, 0.5) is 0 Å². The van der Waals surface area contributed by atoms with Crippen LogP contribution in [0, 0.1) is 12.8 Å². The SMILES string of the molecule is C=C(C)C(=O)OCC(CCOc1ccc(-c2ccc(/C=C/C(=O)Oc3ccc(OC(=O)c4ccc(OC(=O)C(=C)C)cc4)cc3C)cc2)cc1)COC(=O)C(=C)C. The topological polar surface area (TPSA) is 141 Å². The van der Waals surface area contributed by atoms with Crippen molar-refractivity contribution in [3.63, 3.8) is 0 Å². The highest BCUT2D eigenvalue weighted by molar-refractivity contribution is 5.92. The van der Waals surface area contributed by atoms with Crippen molar-refractivity contribution in [1.29, 1.82) is 0 Å². The minimum atomic E-state index is -0.614. The average Bonchev–Trinajstić information content (AvgIpc) is 3.19. The van der Waals surface area contributed by atoms with Gasteiger partial charge in [-0.1, -0.05) is 56.1 Å². The van der Waals surface area contributed by atoms with E-state index in [1.54, 1.807) is 39.0 Å². The molecule has 4 rings (SSSR count). The third-order valence-corrected chi connectivity index (χ3v) is 8.12. The number of benzene rings is 4. The highest BCUT2D eigenvalue weighted by Gasteiger charge is 2.17. The second kappa shape index (κ2) is 20.6. The molecule has 294 valence electrons. The lowest BCUT2D eigenvalue weighted by Gasteiger charge is -2.18. The van der Waals surface area contributed by atoms with E-state index in [4.69, 9.17) is 28.4 Å². The first-order chi connectivity index (χ1) is 27.2. The summed E-state index contributed by atoms with van der Waals surface area (Å²) >= 11 is 0. The second-order valence-electron chi connectivity index (χ2n) is 13.2. The minimum Gasteiger partial charge on any atom is -0.494 e. The molecule has 0 bridgehead atoms. The van der Waals surface area contributed by atoms with Crippen LogP contribution in [0.2, 0.25) is 0 Å². The molecular formula is C46H44O11. The zero-order valence-corrected chi connectivity index (χ0v) is 32.3. The Morgan fingerprint density at radius 1 is 0.614 bits per heavy atom. The Bertz CT molecular complexity index is 2130. The second-order valence-corrected chi connectivity index (χ2v) is 13.2. The van der Waals surface area contributed by atoms with Crippen LogP contribution in [-0.4, -0.2) is 49.7 Å². The lowest BCUT2D eigenvalue weighted by Crippen LogP contribution is -2.23. The number of carbonyl (C=O) groups is 5. The quantitative estimate of drug-likeness (QED) is 0.0545. The molecule has 0 fully saturated rings. The molecule has 0 N–H and O–H groups in total. The Morgan fingerprint density at radius 2 is 1.14 bits per heavy atom. The Balaban J connectivity index is 1.25. The van der Waals surface area contributed by atoms with Gasteiger partial charge in [0.05, 0.1) is 25.4 Å². The molecule has 0 spiro atoms. The maximum atomic E-state index is 12.6. The van der Waals surface area contributed by atoms with Gasteiger partial charge in [-0.2, -0.15) is 0 Å². The number of carbonyl (C=O) groups excluding carboxylic acids is 5. The molecule has 4 aromatic carbocycles. The lowest BCUT2D eigenvalue weighted by molar-refractivity contribution is -0.144. The van der Waals surface area contributed by atoms with E-state index < -0.39 is 29.8 Å². The first-order valence-corrected chi connectivity index (χ1v) is 17.9. The van der Waals surface area contributed by atoms with E-state index in [0.717, 1.165) is 16.7 Å². The molecule has 0 radical (unpaired) electrons.